The molecule has 0 aliphatic carbocycles. The SMILES string of the molecule is CCN(CCO)C(=O)C(=O)Nc1ccc(Br)cc1. The van der Waals surface area contributed by atoms with Crippen molar-refractivity contribution in [1.29, 1.82) is 0 Å². The number of hydrogen-bond donors (Lipinski definition) is 2. The summed E-state index contributed by atoms with van der Waals surface area (Å²) in [5, 5.41) is 11.3. The van der Waals surface area contributed by atoms with Crippen molar-refractivity contribution in [3.8, 4) is 0 Å². The van der Waals surface area contributed by atoms with Gasteiger partial charge in [-0.05, 0) is 31.2 Å². The van der Waals surface area contributed by atoms with Crippen LogP contribution in [0, 0.1) is 0 Å². The van der Waals surface area contributed by atoms with Gasteiger partial charge in [-0.1, -0.05) is 15.9 Å². The molecule has 5 nitrogen and oxygen atoms in total. The van der Waals surface area contributed by atoms with E-state index in [4.69, 9.17) is 5.11 Å². The van der Waals surface area contributed by atoms with Crippen LogP contribution < -0.4 is 5.32 Å². The monoisotopic (exact) mass is 314 g/mol. The fourth-order valence-corrected chi connectivity index (χ4v) is 1.65. The second-order valence-electron chi connectivity index (χ2n) is 3.57. The molecule has 2 N–H and O–H groups in total. The highest BCUT2D eigenvalue weighted by molar-refractivity contribution is 9.10. The molecule has 0 aliphatic rings. The van der Waals surface area contributed by atoms with E-state index in [-0.39, 0.29) is 13.2 Å². The van der Waals surface area contributed by atoms with E-state index < -0.39 is 11.8 Å². The molecule has 0 saturated heterocycles. The van der Waals surface area contributed by atoms with Gasteiger partial charge in [-0.15, -0.1) is 0 Å². The summed E-state index contributed by atoms with van der Waals surface area (Å²) in [4.78, 5) is 24.7. The number of nitrogens with zero attached hydrogens (tertiary/aromatic N) is 1. The van der Waals surface area contributed by atoms with Crippen molar-refractivity contribution in [3.05, 3.63) is 28.7 Å². The smallest absolute Gasteiger partial charge is 0.313 e. The molecule has 0 radical (unpaired) electrons. The van der Waals surface area contributed by atoms with E-state index in [9.17, 15) is 9.59 Å². The van der Waals surface area contributed by atoms with Gasteiger partial charge < -0.3 is 15.3 Å². The Morgan fingerprint density at radius 3 is 2.44 bits per heavy atom. The average Bonchev–Trinajstić information content (AvgIpc) is 2.37. The fraction of sp³-hybridized carbons (Fsp3) is 0.333. The molecule has 1 aromatic rings. The third-order valence-corrected chi connectivity index (χ3v) is 2.86. The van der Waals surface area contributed by atoms with Gasteiger partial charge in [0.2, 0.25) is 0 Å². The first-order valence-corrected chi connectivity index (χ1v) is 6.34. The Labute approximate surface area is 114 Å². The Morgan fingerprint density at radius 1 is 1.33 bits per heavy atom. The Balaban J connectivity index is 2.64. The molecule has 0 bridgehead atoms. The van der Waals surface area contributed by atoms with Crippen LogP contribution in [0.2, 0.25) is 0 Å². The molecule has 1 aromatic carbocycles. The first kappa shape index (κ1) is 14.7. The van der Waals surface area contributed by atoms with E-state index in [1.165, 1.54) is 4.90 Å². The number of carbonyl (C=O) groups is 2. The van der Waals surface area contributed by atoms with Crippen LogP contribution in [0.3, 0.4) is 0 Å². The van der Waals surface area contributed by atoms with Crippen molar-refractivity contribution in [2.45, 2.75) is 6.92 Å². The Hall–Kier alpha value is -1.40. The molecule has 0 heterocycles. The standard InChI is InChI=1S/C12H15BrN2O3/c1-2-15(7-8-16)12(18)11(17)14-10-5-3-9(13)4-6-10/h3-6,16H,2,7-8H2,1H3,(H,14,17). The molecule has 6 heteroatoms. The lowest BCUT2D eigenvalue weighted by atomic mass is 10.3. The molecule has 1 rings (SSSR count). The van der Waals surface area contributed by atoms with E-state index in [0.717, 1.165) is 4.47 Å². The van der Waals surface area contributed by atoms with Crippen LogP contribution in [-0.4, -0.2) is 41.5 Å². The van der Waals surface area contributed by atoms with Gasteiger partial charge in [-0.3, -0.25) is 9.59 Å². The summed E-state index contributed by atoms with van der Waals surface area (Å²) in [7, 11) is 0. The number of aliphatic hydroxyl groups excluding tert-OH is 1. The fourth-order valence-electron chi connectivity index (χ4n) is 1.39. The Bertz CT molecular complexity index is 420. The zero-order valence-electron chi connectivity index (χ0n) is 10.0. The molecule has 0 spiro atoms. The van der Waals surface area contributed by atoms with Crippen LogP contribution in [0.5, 0.6) is 0 Å². The van der Waals surface area contributed by atoms with E-state index in [1.54, 1.807) is 31.2 Å². The minimum atomic E-state index is -0.701. The molecular weight excluding hydrogens is 300 g/mol. The van der Waals surface area contributed by atoms with E-state index in [1.807, 2.05) is 0 Å². The topological polar surface area (TPSA) is 69.6 Å². The molecule has 2 amide bonds. The molecule has 0 unspecified atom stereocenters. The number of rotatable bonds is 4. The third kappa shape index (κ3) is 4.12. The van der Waals surface area contributed by atoms with Gasteiger partial charge >= 0.3 is 11.8 Å². The van der Waals surface area contributed by atoms with Crippen molar-refractivity contribution >= 4 is 33.4 Å². The zero-order valence-corrected chi connectivity index (χ0v) is 11.6. The molecule has 0 aromatic heterocycles. The summed E-state index contributed by atoms with van der Waals surface area (Å²) in [6.45, 7) is 2.13. The molecule has 0 aliphatic heterocycles. The van der Waals surface area contributed by atoms with Crippen LogP contribution in [0.25, 0.3) is 0 Å². The minimum absolute atomic E-state index is 0.156. The van der Waals surface area contributed by atoms with Crippen molar-refractivity contribution in [2.75, 3.05) is 25.0 Å². The van der Waals surface area contributed by atoms with E-state index in [0.29, 0.717) is 12.2 Å². The zero-order chi connectivity index (χ0) is 13.5. The average molecular weight is 315 g/mol. The van der Waals surface area contributed by atoms with Crippen molar-refractivity contribution in [2.24, 2.45) is 0 Å². The highest BCUT2D eigenvalue weighted by atomic mass is 79.9. The number of hydrogen-bond acceptors (Lipinski definition) is 3. The quantitative estimate of drug-likeness (QED) is 0.821. The molecule has 0 saturated carbocycles. The van der Waals surface area contributed by atoms with Gasteiger partial charge in [0.1, 0.15) is 0 Å². The maximum absolute atomic E-state index is 11.7. The summed E-state index contributed by atoms with van der Waals surface area (Å²) in [5.41, 5.74) is 0.552. The Morgan fingerprint density at radius 2 is 1.94 bits per heavy atom. The number of likely N-dealkylation sites (N-methyl/N-ethyl adjacent to an activating group) is 1. The minimum Gasteiger partial charge on any atom is -0.395 e. The maximum atomic E-state index is 11.7. The van der Waals surface area contributed by atoms with Crippen LogP contribution in [-0.2, 0) is 9.59 Å². The van der Waals surface area contributed by atoms with Crippen molar-refractivity contribution in [1.82, 2.24) is 4.90 Å². The first-order valence-electron chi connectivity index (χ1n) is 5.55. The number of aliphatic hydroxyl groups is 1. The number of halogens is 1. The highest BCUT2D eigenvalue weighted by Gasteiger charge is 2.19. The third-order valence-electron chi connectivity index (χ3n) is 2.34. The van der Waals surface area contributed by atoms with Gasteiger partial charge in [0.05, 0.1) is 6.61 Å². The number of nitrogens with one attached hydrogen (secondary N) is 1. The summed E-state index contributed by atoms with van der Waals surface area (Å²) in [6.07, 6.45) is 0. The normalized spacial score (nSPS) is 9.94. The van der Waals surface area contributed by atoms with Gasteiger partial charge in [-0.2, -0.15) is 0 Å². The summed E-state index contributed by atoms with van der Waals surface area (Å²) in [6, 6.07) is 6.92. The van der Waals surface area contributed by atoms with Crippen LogP contribution in [0.15, 0.2) is 28.7 Å². The first-order chi connectivity index (χ1) is 8.58. The second kappa shape index (κ2) is 7.13. The van der Waals surface area contributed by atoms with E-state index >= 15 is 0 Å². The molecule has 18 heavy (non-hydrogen) atoms. The molecule has 0 atom stereocenters. The number of carbonyl (C=O) groups excluding carboxylic acids is 2. The van der Waals surface area contributed by atoms with Crippen LogP contribution >= 0.6 is 15.9 Å². The number of benzene rings is 1. The van der Waals surface area contributed by atoms with Crippen molar-refractivity contribution in [3.63, 3.8) is 0 Å². The lowest BCUT2D eigenvalue weighted by Crippen LogP contribution is -2.41. The summed E-state index contributed by atoms with van der Waals surface area (Å²) >= 11 is 3.28. The molecule has 98 valence electrons. The van der Waals surface area contributed by atoms with Crippen molar-refractivity contribution < 1.29 is 14.7 Å². The predicted molar refractivity (Wildman–Crippen MR) is 72.1 cm³/mol. The van der Waals surface area contributed by atoms with Crippen LogP contribution in [0.1, 0.15) is 6.92 Å². The van der Waals surface area contributed by atoms with Gasteiger partial charge in [0.25, 0.3) is 0 Å². The maximum Gasteiger partial charge on any atom is 0.313 e. The van der Waals surface area contributed by atoms with Gasteiger partial charge in [-0.25, -0.2) is 0 Å². The van der Waals surface area contributed by atoms with E-state index in [2.05, 4.69) is 21.2 Å². The lowest BCUT2D eigenvalue weighted by molar-refractivity contribution is -0.143. The number of anilines is 1. The Kier molecular flexibility index (Phi) is 5.80. The van der Waals surface area contributed by atoms with Crippen LogP contribution in [0.4, 0.5) is 5.69 Å². The largest absolute Gasteiger partial charge is 0.395 e. The number of amides is 2. The summed E-state index contributed by atoms with van der Waals surface area (Å²) < 4.78 is 0.891. The predicted octanol–water partition coefficient (Wildman–Crippen LogP) is 1.23. The highest BCUT2D eigenvalue weighted by Crippen LogP contribution is 2.14. The second-order valence-corrected chi connectivity index (χ2v) is 4.49. The van der Waals surface area contributed by atoms with Gasteiger partial charge in [0.15, 0.2) is 0 Å². The van der Waals surface area contributed by atoms with Gasteiger partial charge in [0, 0.05) is 23.2 Å². The molecular formula is C12H15BrN2O3. The lowest BCUT2D eigenvalue weighted by Gasteiger charge is -2.18. The summed E-state index contributed by atoms with van der Waals surface area (Å²) in [5.74, 6) is -1.35. The molecule has 0 fully saturated rings.